The third-order valence-corrected chi connectivity index (χ3v) is 6.90. The summed E-state index contributed by atoms with van der Waals surface area (Å²) in [6.07, 6.45) is 0.830. The van der Waals surface area contributed by atoms with Crippen LogP contribution in [-0.2, 0) is 6.42 Å². The Labute approximate surface area is 197 Å². The van der Waals surface area contributed by atoms with Gasteiger partial charge in [-0.3, -0.25) is 0 Å². The van der Waals surface area contributed by atoms with Crippen molar-refractivity contribution in [1.82, 2.24) is 0 Å². The third-order valence-electron chi connectivity index (χ3n) is 6.90. The van der Waals surface area contributed by atoms with Crippen LogP contribution in [0.5, 0.6) is 0 Å². The second-order valence-corrected chi connectivity index (χ2v) is 8.96. The van der Waals surface area contributed by atoms with Gasteiger partial charge in [-0.2, -0.15) is 0 Å². The van der Waals surface area contributed by atoms with Gasteiger partial charge in [0, 0.05) is 22.8 Å². The summed E-state index contributed by atoms with van der Waals surface area (Å²) in [6.45, 7) is 0. The van der Waals surface area contributed by atoms with Crippen molar-refractivity contribution in [2.24, 2.45) is 0 Å². The SMILES string of the molecule is c1ccc2c(-c3ccc(Cc4cc5ccccc5c5c4oc4ccccc45)cc3)cccc2c1. The van der Waals surface area contributed by atoms with E-state index in [4.69, 9.17) is 4.42 Å². The first kappa shape index (κ1) is 19.1. The lowest BCUT2D eigenvalue weighted by atomic mass is 9.94. The first-order valence-electron chi connectivity index (χ1n) is 11.7. The van der Waals surface area contributed by atoms with Crippen molar-refractivity contribution in [3.63, 3.8) is 0 Å². The first-order valence-corrected chi connectivity index (χ1v) is 11.7. The first-order chi connectivity index (χ1) is 16.8. The van der Waals surface area contributed by atoms with Gasteiger partial charge in [0.25, 0.3) is 0 Å². The molecule has 0 aliphatic carbocycles. The van der Waals surface area contributed by atoms with E-state index in [2.05, 4.69) is 115 Å². The molecule has 1 nitrogen and oxygen atoms in total. The molecule has 0 aliphatic heterocycles. The molecule has 6 aromatic carbocycles. The summed E-state index contributed by atoms with van der Waals surface area (Å²) in [5.74, 6) is 0. The fourth-order valence-electron chi connectivity index (χ4n) is 5.27. The van der Waals surface area contributed by atoms with Gasteiger partial charge >= 0.3 is 0 Å². The number of rotatable bonds is 3. The second-order valence-electron chi connectivity index (χ2n) is 8.96. The van der Waals surface area contributed by atoms with Crippen LogP contribution in [0.4, 0.5) is 0 Å². The molecule has 1 aromatic heterocycles. The number of fused-ring (bicyclic) bond motifs is 6. The highest BCUT2D eigenvalue weighted by Gasteiger charge is 2.15. The van der Waals surface area contributed by atoms with Crippen molar-refractivity contribution in [3.05, 3.63) is 132 Å². The van der Waals surface area contributed by atoms with Crippen molar-refractivity contribution >= 4 is 43.5 Å². The Balaban J connectivity index is 1.34. The molecule has 0 atom stereocenters. The van der Waals surface area contributed by atoms with E-state index in [1.165, 1.54) is 54.6 Å². The Morgan fingerprint density at radius 1 is 0.529 bits per heavy atom. The Kier molecular flexibility index (Phi) is 4.28. The summed E-state index contributed by atoms with van der Waals surface area (Å²) < 4.78 is 6.41. The van der Waals surface area contributed by atoms with E-state index in [0.717, 1.165) is 17.6 Å². The standard InChI is InChI=1S/C33H22O/c1-3-11-27-23(8-1)10-7-14-28(27)24-18-16-22(17-19-24)20-26-21-25-9-2-4-12-29(25)32-30-13-5-6-15-31(30)34-33(26)32/h1-19,21H,20H2. The van der Waals surface area contributed by atoms with Gasteiger partial charge in [0.1, 0.15) is 11.2 Å². The monoisotopic (exact) mass is 434 g/mol. The van der Waals surface area contributed by atoms with Crippen molar-refractivity contribution in [3.8, 4) is 11.1 Å². The summed E-state index contributed by atoms with van der Waals surface area (Å²) in [7, 11) is 0. The smallest absolute Gasteiger partial charge is 0.139 e. The molecule has 0 aliphatic rings. The van der Waals surface area contributed by atoms with Gasteiger partial charge in [0.15, 0.2) is 0 Å². The highest BCUT2D eigenvalue weighted by atomic mass is 16.3. The molecule has 1 heteroatoms. The lowest BCUT2D eigenvalue weighted by molar-refractivity contribution is 0.664. The highest BCUT2D eigenvalue weighted by Crippen LogP contribution is 2.38. The largest absolute Gasteiger partial charge is 0.456 e. The maximum Gasteiger partial charge on any atom is 0.139 e. The molecular formula is C33H22O. The normalized spacial score (nSPS) is 11.6. The summed E-state index contributed by atoms with van der Waals surface area (Å²) in [5.41, 5.74) is 6.96. The predicted molar refractivity (Wildman–Crippen MR) is 143 cm³/mol. The van der Waals surface area contributed by atoms with Crippen LogP contribution >= 0.6 is 0 Å². The van der Waals surface area contributed by atoms with Crippen LogP contribution in [0.15, 0.2) is 126 Å². The maximum absolute atomic E-state index is 6.41. The minimum atomic E-state index is 0.830. The lowest BCUT2D eigenvalue weighted by Gasteiger charge is -2.10. The quantitative estimate of drug-likeness (QED) is 0.270. The predicted octanol–water partition coefficient (Wildman–Crippen LogP) is 9.15. The maximum atomic E-state index is 6.41. The van der Waals surface area contributed by atoms with Crippen LogP contribution in [0.25, 0.3) is 54.6 Å². The summed E-state index contributed by atoms with van der Waals surface area (Å²) in [6, 6.07) is 43.3. The van der Waals surface area contributed by atoms with Gasteiger partial charge in [-0.05, 0) is 50.4 Å². The van der Waals surface area contributed by atoms with E-state index in [9.17, 15) is 0 Å². The summed E-state index contributed by atoms with van der Waals surface area (Å²) in [5, 5.41) is 7.46. The fourth-order valence-corrected chi connectivity index (χ4v) is 5.27. The third kappa shape index (κ3) is 3.02. The molecule has 0 unspecified atom stereocenters. The van der Waals surface area contributed by atoms with Crippen molar-refractivity contribution in [2.75, 3.05) is 0 Å². The van der Waals surface area contributed by atoms with Crippen LogP contribution in [0.3, 0.4) is 0 Å². The van der Waals surface area contributed by atoms with E-state index < -0.39 is 0 Å². The van der Waals surface area contributed by atoms with Crippen molar-refractivity contribution in [1.29, 1.82) is 0 Å². The molecule has 0 fully saturated rings. The Hall–Kier alpha value is -4.36. The number of benzene rings is 6. The molecule has 0 bridgehead atoms. The molecule has 7 rings (SSSR count). The zero-order chi connectivity index (χ0) is 22.5. The van der Waals surface area contributed by atoms with E-state index in [0.29, 0.717) is 0 Å². The molecule has 7 aromatic rings. The molecule has 0 saturated heterocycles. The zero-order valence-electron chi connectivity index (χ0n) is 18.7. The van der Waals surface area contributed by atoms with Crippen molar-refractivity contribution < 1.29 is 4.42 Å². The van der Waals surface area contributed by atoms with E-state index in [1.54, 1.807) is 0 Å². The molecular weight excluding hydrogens is 412 g/mol. The van der Waals surface area contributed by atoms with E-state index in [1.807, 2.05) is 6.07 Å². The molecule has 1 heterocycles. The van der Waals surface area contributed by atoms with Crippen LogP contribution in [-0.4, -0.2) is 0 Å². The average Bonchev–Trinajstić information content (AvgIpc) is 3.29. The highest BCUT2D eigenvalue weighted by molar-refractivity contribution is 6.19. The number of furan rings is 1. The van der Waals surface area contributed by atoms with Crippen LogP contribution < -0.4 is 0 Å². The van der Waals surface area contributed by atoms with Gasteiger partial charge in [-0.1, -0.05) is 109 Å². The summed E-state index contributed by atoms with van der Waals surface area (Å²) >= 11 is 0. The number of hydrogen-bond donors (Lipinski definition) is 0. The van der Waals surface area contributed by atoms with Crippen LogP contribution in [0.2, 0.25) is 0 Å². The lowest BCUT2D eigenvalue weighted by Crippen LogP contribution is -1.91. The molecule has 0 radical (unpaired) electrons. The van der Waals surface area contributed by atoms with Gasteiger partial charge in [-0.15, -0.1) is 0 Å². The van der Waals surface area contributed by atoms with Crippen molar-refractivity contribution in [2.45, 2.75) is 6.42 Å². The fraction of sp³-hybridized carbons (Fsp3) is 0.0303. The Morgan fingerprint density at radius 3 is 2.06 bits per heavy atom. The average molecular weight is 435 g/mol. The molecule has 0 spiro atoms. The van der Waals surface area contributed by atoms with Gasteiger partial charge in [-0.25, -0.2) is 0 Å². The molecule has 0 saturated carbocycles. The molecule has 0 N–H and O–H groups in total. The van der Waals surface area contributed by atoms with E-state index in [-0.39, 0.29) is 0 Å². The molecule has 0 amide bonds. The molecule has 160 valence electrons. The van der Waals surface area contributed by atoms with Gasteiger partial charge in [0.05, 0.1) is 0 Å². The van der Waals surface area contributed by atoms with Crippen LogP contribution in [0.1, 0.15) is 11.1 Å². The zero-order valence-corrected chi connectivity index (χ0v) is 18.7. The summed E-state index contributed by atoms with van der Waals surface area (Å²) in [4.78, 5) is 0. The Morgan fingerprint density at radius 2 is 1.21 bits per heavy atom. The molecule has 34 heavy (non-hydrogen) atoms. The second kappa shape index (κ2) is 7.60. The minimum absolute atomic E-state index is 0.830. The van der Waals surface area contributed by atoms with Crippen LogP contribution in [0, 0.1) is 0 Å². The topological polar surface area (TPSA) is 13.1 Å². The van der Waals surface area contributed by atoms with Gasteiger partial charge in [0.2, 0.25) is 0 Å². The van der Waals surface area contributed by atoms with Gasteiger partial charge < -0.3 is 4.42 Å². The Bertz CT molecular complexity index is 1810. The minimum Gasteiger partial charge on any atom is -0.456 e. The number of hydrogen-bond acceptors (Lipinski definition) is 1. The van der Waals surface area contributed by atoms with E-state index >= 15 is 0 Å². The number of para-hydroxylation sites is 1.